The number of hydrogen-bond donors (Lipinski definition) is 1. The van der Waals surface area contributed by atoms with Gasteiger partial charge in [0, 0.05) is 25.6 Å². The van der Waals surface area contributed by atoms with Crippen molar-refractivity contribution in [2.45, 2.75) is 18.4 Å². The van der Waals surface area contributed by atoms with Crippen molar-refractivity contribution in [3.63, 3.8) is 0 Å². The molecule has 0 radical (unpaired) electrons. The van der Waals surface area contributed by atoms with Gasteiger partial charge in [0.1, 0.15) is 5.75 Å². The third kappa shape index (κ3) is 4.54. The first-order valence-electron chi connectivity index (χ1n) is 9.75. The molecule has 0 bridgehead atoms. The van der Waals surface area contributed by atoms with E-state index in [0.29, 0.717) is 32.5 Å². The van der Waals surface area contributed by atoms with E-state index in [2.05, 4.69) is 4.90 Å². The molecule has 5 heteroatoms. The summed E-state index contributed by atoms with van der Waals surface area (Å²) < 4.78 is 5.35. The van der Waals surface area contributed by atoms with Gasteiger partial charge in [-0.25, -0.2) is 0 Å². The lowest BCUT2D eigenvalue weighted by Gasteiger charge is -2.46. The van der Waals surface area contributed by atoms with Crippen LogP contribution in [0.5, 0.6) is 5.75 Å². The zero-order valence-corrected chi connectivity index (χ0v) is 17.0. The van der Waals surface area contributed by atoms with E-state index in [1.54, 1.807) is 7.11 Å². The maximum atomic E-state index is 12.9. The third-order valence-electron chi connectivity index (χ3n) is 5.59. The average molecular weight is 383 g/mol. The molecule has 1 amide bonds. The van der Waals surface area contributed by atoms with Gasteiger partial charge in [-0.2, -0.15) is 0 Å². The minimum absolute atomic E-state index is 0.0805. The molecule has 1 heterocycles. The average Bonchev–Trinajstić information content (AvgIpc) is 2.70. The van der Waals surface area contributed by atoms with E-state index in [9.17, 15) is 9.90 Å². The molecule has 1 fully saturated rings. The molecule has 28 heavy (non-hydrogen) atoms. The Morgan fingerprint density at radius 3 is 2.64 bits per heavy atom. The standard InChI is InChI=1S/C23H30N2O3/c1-24(2)16-20-17-25(22(26)14-18-8-5-4-6-9-18)13-12-23(20,27)19-10-7-11-21(15-19)28-3/h4-11,15,20,27H,12-14,16-17H2,1-3H3. The Labute approximate surface area is 167 Å². The first-order valence-corrected chi connectivity index (χ1v) is 9.75. The number of carbonyl (C=O) groups is 1. The van der Waals surface area contributed by atoms with Gasteiger partial charge in [0.25, 0.3) is 0 Å². The van der Waals surface area contributed by atoms with Crippen LogP contribution in [0, 0.1) is 5.92 Å². The Hall–Kier alpha value is -2.37. The Morgan fingerprint density at radius 2 is 1.96 bits per heavy atom. The van der Waals surface area contributed by atoms with Crippen molar-refractivity contribution in [2.75, 3.05) is 40.8 Å². The van der Waals surface area contributed by atoms with Crippen molar-refractivity contribution in [1.29, 1.82) is 0 Å². The van der Waals surface area contributed by atoms with Crippen LogP contribution in [0.15, 0.2) is 54.6 Å². The van der Waals surface area contributed by atoms with Crippen molar-refractivity contribution in [2.24, 2.45) is 5.92 Å². The highest BCUT2D eigenvalue weighted by molar-refractivity contribution is 5.79. The Kier molecular flexibility index (Phi) is 6.37. The minimum atomic E-state index is -0.984. The summed E-state index contributed by atoms with van der Waals surface area (Å²) in [6, 6.07) is 17.5. The van der Waals surface area contributed by atoms with Gasteiger partial charge in [0.15, 0.2) is 0 Å². The summed E-state index contributed by atoms with van der Waals surface area (Å²) in [7, 11) is 5.62. The maximum Gasteiger partial charge on any atom is 0.227 e. The summed E-state index contributed by atoms with van der Waals surface area (Å²) in [5.41, 5.74) is 0.890. The maximum absolute atomic E-state index is 12.9. The Morgan fingerprint density at radius 1 is 1.21 bits per heavy atom. The summed E-state index contributed by atoms with van der Waals surface area (Å²) >= 11 is 0. The van der Waals surface area contributed by atoms with Gasteiger partial charge >= 0.3 is 0 Å². The van der Waals surface area contributed by atoms with E-state index in [4.69, 9.17) is 4.74 Å². The normalized spacial score (nSPS) is 22.3. The largest absolute Gasteiger partial charge is 0.497 e. The number of nitrogens with zero attached hydrogens (tertiary/aromatic N) is 2. The highest BCUT2D eigenvalue weighted by Gasteiger charge is 2.44. The predicted octanol–water partition coefficient (Wildman–Crippen LogP) is 2.54. The molecule has 2 aromatic carbocycles. The van der Waals surface area contributed by atoms with Crippen molar-refractivity contribution in [3.05, 3.63) is 65.7 Å². The topological polar surface area (TPSA) is 53.0 Å². The lowest BCUT2D eigenvalue weighted by atomic mass is 9.75. The number of piperidine rings is 1. The first kappa shape index (κ1) is 20.4. The van der Waals surface area contributed by atoms with Crippen LogP contribution in [0.2, 0.25) is 0 Å². The van der Waals surface area contributed by atoms with Gasteiger partial charge in [-0.05, 0) is 43.8 Å². The number of hydrogen-bond acceptors (Lipinski definition) is 4. The van der Waals surface area contributed by atoms with Crippen molar-refractivity contribution < 1.29 is 14.6 Å². The van der Waals surface area contributed by atoms with E-state index < -0.39 is 5.60 Å². The van der Waals surface area contributed by atoms with Gasteiger partial charge in [-0.1, -0.05) is 42.5 Å². The van der Waals surface area contributed by atoms with Crippen LogP contribution in [0.3, 0.4) is 0 Å². The molecule has 2 atom stereocenters. The van der Waals surface area contributed by atoms with Crippen molar-refractivity contribution in [3.8, 4) is 5.75 Å². The molecule has 3 rings (SSSR count). The van der Waals surface area contributed by atoms with Crippen molar-refractivity contribution in [1.82, 2.24) is 9.80 Å². The molecule has 0 aliphatic carbocycles. The molecular weight excluding hydrogens is 352 g/mol. The number of aliphatic hydroxyl groups is 1. The fourth-order valence-electron chi connectivity index (χ4n) is 4.05. The van der Waals surface area contributed by atoms with Crippen LogP contribution in [-0.2, 0) is 16.8 Å². The zero-order valence-electron chi connectivity index (χ0n) is 17.0. The summed E-state index contributed by atoms with van der Waals surface area (Å²) in [5.74, 6) is 0.767. The third-order valence-corrected chi connectivity index (χ3v) is 5.59. The zero-order chi connectivity index (χ0) is 20.1. The van der Waals surface area contributed by atoms with Crippen molar-refractivity contribution >= 4 is 5.91 Å². The van der Waals surface area contributed by atoms with Gasteiger partial charge in [-0.15, -0.1) is 0 Å². The quantitative estimate of drug-likeness (QED) is 0.834. The predicted molar refractivity (Wildman–Crippen MR) is 110 cm³/mol. The second-order valence-electron chi connectivity index (χ2n) is 7.87. The Balaban J connectivity index is 1.80. The van der Waals surface area contributed by atoms with Crippen LogP contribution < -0.4 is 4.74 Å². The number of benzene rings is 2. The van der Waals surface area contributed by atoms with Crippen LogP contribution in [0.25, 0.3) is 0 Å². The minimum Gasteiger partial charge on any atom is -0.497 e. The summed E-state index contributed by atoms with van der Waals surface area (Å²) in [6.07, 6.45) is 0.909. The molecule has 1 aliphatic rings. The summed E-state index contributed by atoms with van der Waals surface area (Å²) in [5, 5.41) is 11.6. The summed E-state index contributed by atoms with van der Waals surface area (Å²) in [6.45, 7) is 1.78. The highest BCUT2D eigenvalue weighted by Crippen LogP contribution is 2.39. The van der Waals surface area contributed by atoms with Gasteiger partial charge < -0.3 is 19.6 Å². The molecule has 2 unspecified atom stereocenters. The second kappa shape index (κ2) is 8.76. The number of amides is 1. The lowest BCUT2D eigenvalue weighted by molar-refractivity contribution is -0.141. The molecule has 0 aromatic heterocycles. The van der Waals surface area contributed by atoms with Crippen LogP contribution in [0.4, 0.5) is 0 Å². The van der Waals surface area contributed by atoms with Crippen LogP contribution in [0.1, 0.15) is 17.5 Å². The number of ether oxygens (including phenoxy) is 1. The molecular formula is C23H30N2O3. The Bertz CT molecular complexity index is 793. The smallest absolute Gasteiger partial charge is 0.227 e. The lowest BCUT2D eigenvalue weighted by Crippen LogP contribution is -2.54. The van der Waals surface area contributed by atoms with Gasteiger partial charge in [0.05, 0.1) is 19.1 Å². The number of rotatable bonds is 6. The fourth-order valence-corrected chi connectivity index (χ4v) is 4.05. The highest BCUT2D eigenvalue weighted by atomic mass is 16.5. The van der Waals surface area contributed by atoms with E-state index >= 15 is 0 Å². The molecule has 0 spiro atoms. The van der Waals surface area contributed by atoms with E-state index in [1.807, 2.05) is 73.6 Å². The molecule has 150 valence electrons. The van der Waals surface area contributed by atoms with E-state index in [0.717, 1.165) is 16.9 Å². The van der Waals surface area contributed by atoms with E-state index in [-0.39, 0.29) is 11.8 Å². The van der Waals surface area contributed by atoms with Crippen LogP contribution >= 0.6 is 0 Å². The molecule has 1 N–H and O–H groups in total. The van der Waals surface area contributed by atoms with Gasteiger partial charge in [-0.3, -0.25) is 4.79 Å². The number of methoxy groups -OCH3 is 1. The number of likely N-dealkylation sites (tertiary alicyclic amines) is 1. The molecule has 1 saturated heterocycles. The molecule has 5 nitrogen and oxygen atoms in total. The number of carbonyl (C=O) groups excluding carboxylic acids is 1. The van der Waals surface area contributed by atoms with E-state index in [1.165, 1.54) is 0 Å². The van der Waals surface area contributed by atoms with Gasteiger partial charge in [0.2, 0.25) is 5.91 Å². The van der Waals surface area contributed by atoms with Crippen LogP contribution in [-0.4, -0.2) is 61.7 Å². The molecule has 2 aromatic rings. The second-order valence-corrected chi connectivity index (χ2v) is 7.87. The first-order chi connectivity index (χ1) is 13.4. The SMILES string of the molecule is COc1cccc(C2(O)CCN(C(=O)Cc3ccccc3)CC2CN(C)C)c1. The summed E-state index contributed by atoms with van der Waals surface area (Å²) in [4.78, 5) is 16.8. The molecule has 1 aliphatic heterocycles. The fraction of sp³-hybridized carbons (Fsp3) is 0.435. The molecule has 0 saturated carbocycles. The monoisotopic (exact) mass is 382 g/mol.